The van der Waals surface area contributed by atoms with Gasteiger partial charge in [-0.3, -0.25) is 9.59 Å². The first-order valence-corrected chi connectivity index (χ1v) is 11.0. The van der Waals surface area contributed by atoms with Crippen LogP contribution in [0.25, 0.3) is 11.1 Å². The first-order chi connectivity index (χ1) is 15.3. The highest BCUT2D eigenvalue weighted by Gasteiger charge is 2.36. The van der Waals surface area contributed by atoms with Gasteiger partial charge in [0.15, 0.2) is 0 Å². The van der Waals surface area contributed by atoms with Crippen LogP contribution in [-0.2, 0) is 22.6 Å². The van der Waals surface area contributed by atoms with Gasteiger partial charge in [0.25, 0.3) is 5.91 Å². The van der Waals surface area contributed by atoms with Crippen molar-refractivity contribution in [1.29, 1.82) is 0 Å². The van der Waals surface area contributed by atoms with Crippen molar-refractivity contribution in [3.05, 3.63) is 93.5 Å². The van der Waals surface area contributed by atoms with Crippen LogP contribution in [0.1, 0.15) is 56.6 Å². The van der Waals surface area contributed by atoms with E-state index in [1.807, 2.05) is 49.1 Å². The van der Waals surface area contributed by atoms with Gasteiger partial charge < -0.3 is 9.64 Å². The quantitative estimate of drug-likeness (QED) is 0.490. The van der Waals surface area contributed by atoms with E-state index in [1.165, 1.54) is 12.7 Å². The molecule has 0 fully saturated rings. The summed E-state index contributed by atoms with van der Waals surface area (Å²) in [5.74, 6) is -0.748. The predicted octanol–water partition coefficient (Wildman–Crippen LogP) is 5.71. The summed E-state index contributed by atoms with van der Waals surface area (Å²) in [6, 6.07) is 18.4. The van der Waals surface area contributed by atoms with E-state index in [9.17, 15) is 9.59 Å². The maximum Gasteiger partial charge on any atom is 0.312 e. The number of ether oxygens (including phenoxy) is 1. The number of esters is 1. The average molecular weight is 428 g/mol. The van der Waals surface area contributed by atoms with Crippen molar-refractivity contribution in [2.24, 2.45) is 0 Å². The zero-order valence-electron chi connectivity index (χ0n) is 19.4. The van der Waals surface area contributed by atoms with Crippen molar-refractivity contribution in [2.75, 3.05) is 7.11 Å². The lowest BCUT2D eigenvalue weighted by Crippen LogP contribution is -2.23. The maximum absolute atomic E-state index is 13.5. The normalized spacial score (nSPS) is 13.8. The van der Waals surface area contributed by atoms with Gasteiger partial charge in [-0.05, 0) is 66.6 Å². The Morgan fingerprint density at radius 2 is 1.62 bits per heavy atom. The summed E-state index contributed by atoms with van der Waals surface area (Å²) in [5.41, 5.74) is 8.98. The second-order valence-corrected chi connectivity index (χ2v) is 8.65. The topological polar surface area (TPSA) is 46.6 Å². The molecule has 0 saturated carbocycles. The summed E-state index contributed by atoms with van der Waals surface area (Å²) in [6.45, 7) is 9.09. The van der Waals surface area contributed by atoms with Crippen LogP contribution in [-0.4, -0.2) is 23.9 Å². The highest BCUT2D eigenvalue weighted by molar-refractivity contribution is 6.02. The zero-order chi connectivity index (χ0) is 23.0. The fourth-order valence-corrected chi connectivity index (χ4v) is 4.86. The van der Waals surface area contributed by atoms with Crippen molar-refractivity contribution < 1.29 is 14.3 Å². The molecule has 1 unspecified atom stereocenters. The van der Waals surface area contributed by atoms with Crippen LogP contribution in [0, 0.1) is 20.8 Å². The minimum Gasteiger partial charge on any atom is -0.469 e. The Bertz CT molecular complexity index is 1180. The average Bonchev–Trinajstić information content (AvgIpc) is 3.13. The van der Waals surface area contributed by atoms with Crippen LogP contribution < -0.4 is 0 Å². The predicted molar refractivity (Wildman–Crippen MR) is 127 cm³/mol. The van der Waals surface area contributed by atoms with Gasteiger partial charge in [-0.1, -0.05) is 60.2 Å². The van der Waals surface area contributed by atoms with Gasteiger partial charge in [0.2, 0.25) is 0 Å². The van der Waals surface area contributed by atoms with Crippen molar-refractivity contribution in [1.82, 2.24) is 4.90 Å². The number of methoxy groups -OCH3 is 1. The van der Waals surface area contributed by atoms with Gasteiger partial charge in [-0.15, -0.1) is 0 Å². The van der Waals surface area contributed by atoms with Crippen molar-refractivity contribution in [3.8, 4) is 11.1 Å². The van der Waals surface area contributed by atoms with E-state index in [1.54, 1.807) is 0 Å². The highest BCUT2D eigenvalue weighted by Crippen LogP contribution is 2.42. The van der Waals surface area contributed by atoms with E-state index in [0.29, 0.717) is 13.1 Å². The van der Waals surface area contributed by atoms with Gasteiger partial charge >= 0.3 is 5.97 Å². The molecule has 4 nitrogen and oxygen atoms in total. The van der Waals surface area contributed by atoms with E-state index in [0.717, 1.165) is 44.5 Å². The van der Waals surface area contributed by atoms with Gasteiger partial charge in [-0.2, -0.15) is 0 Å². The summed E-state index contributed by atoms with van der Waals surface area (Å²) in [6.07, 6.45) is 0. The molecule has 4 rings (SSSR count). The molecule has 0 spiro atoms. The summed E-state index contributed by atoms with van der Waals surface area (Å²) in [5, 5.41) is 0. The largest absolute Gasteiger partial charge is 0.469 e. The number of amides is 1. The Kier molecular flexibility index (Phi) is 5.88. The number of aryl methyl sites for hydroxylation is 1. The number of nitrogens with zero attached hydrogens (tertiary/aromatic N) is 1. The first kappa shape index (κ1) is 21.8. The number of hydrogen-bond acceptors (Lipinski definition) is 3. The molecule has 3 aromatic rings. The summed E-state index contributed by atoms with van der Waals surface area (Å²) in [7, 11) is 1.41. The minimum atomic E-state index is -0.476. The third-order valence-corrected chi connectivity index (χ3v) is 6.57. The van der Waals surface area contributed by atoms with E-state index in [2.05, 4.69) is 38.1 Å². The Morgan fingerprint density at radius 3 is 2.25 bits per heavy atom. The Hall–Kier alpha value is -3.40. The third-order valence-electron chi connectivity index (χ3n) is 6.57. The van der Waals surface area contributed by atoms with Crippen LogP contribution in [0.5, 0.6) is 0 Å². The molecule has 0 radical (unpaired) electrons. The molecule has 1 aliphatic rings. The minimum absolute atomic E-state index is 0.0261. The van der Waals surface area contributed by atoms with Crippen LogP contribution in [0.15, 0.2) is 54.6 Å². The molecule has 0 bridgehead atoms. The molecular formula is C28H29NO3. The van der Waals surface area contributed by atoms with Crippen molar-refractivity contribution in [3.63, 3.8) is 0 Å². The van der Waals surface area contributed by atoms with Crippen LogP contribution >= 0.6 is 0 Å². The number of carbonyl (C=O) groups is 2. The number of rotatable bonds is 5. The molecular weight excluding hydrogens is 398 g/mol. The van der Waals surface area contributed by atoms with E-state index < -0.39 is 5.92 Å². The maximum atomic E-state index is 13.5. The number of benzene rings is 3. The van der Waals surface area contributed by atoms with Crippen LogP contribution in [0.4, 0.5) is 0 Å². The summed E-state index contributed by atoms with van der Waals surface area (Å²) >= 11 is 0. The SMILES string of the molecule is COC(=O)C(C)c1c(C)c2c(c(C)c1-c1ccc(C)cc1)CN(Cc1ccccc1)C2=O. The molecule has 0 N–H and O–H groups in total. The fourth-order valence-electron chi connectivity index (χ4n) is 4.86. The molecule has 1 aliphatic heterocycles. The molecule has 4 heteroatoms. The number of carbonyl (C=O) groups excluding carboxylic acids is 2. The van der Waals surface area contributed by atoms with Gasteiger partial charge in [0, 0.05) is 18.7 Å². The van der Waals surface area contributed by atoms with Gasteiger partial charge in [0.1, 0.15) is 0 Å². The Balaban J connectivity index is 1.89. The van der Waals surface area contributed by atoms with Gasteiger partial charge in [-0.25, -0.2) is 0 Å². The second-order valence-electron chi connectivity index (χ2n) is 8.65. The van der Waals surface area contributed by atoms with E-state index in [4.69, 9.17) is 4.74 Å². The monoisotopic (exact) mass is 427 g/mol. The van der Waals surface area contributed by atoms with Crippen LogP contribution in [0.2, 0.25) is 0 Å². The zero-order valence-corrected chi connectivity index (χ0v) is 19.4. The lowest BCUT2D eigenvalue weighted by molar-refractivity contribution is -0.142. The fraction of sp³-hybridized carbons (Fsp3) is 0.286. The van der Waals surface area contributed by atoms with Crippen molar-refractivity contribution >= 4 is 11.9 Å². The summed E-state index contributed by atoms with van der Waals surface area (Å²) in [4.78, 5) is 28.0. The van der Waals surface area contributed by atoms with E-state index in [-0.39, 0.29) is 11.9 Å². The van der Waals surface area contributed by atoms with Crippen molar-refractivity contribution in [2.45, 2.75) is 46.7 Å². The molecule has 164 valence electrons. The third kappa shape index (κ3) is 3.70. The Morgan fingerprint density at radius 1 is 0.969 bits per heavy atom. The molecule has 3 aromatic carbocycles. The smallest absolute Gasteiger partial charge is 0.312 e. The molecule has 0 saturated heterocycles. The van der Waals surface area contributed by atoms with Gasteiger partial charge in [0.05, 0.1) is 13.0 Å². The molecule has 1 heterocycles. The summed E-state index contributed by atoms with van der Waals surface area (Å²) < 4.78 is 5.08. The van der Waals surface area contributed by atoms with E-state index >= 15 is 0 Å². The number of hydrogen-bond donors (Lipinski definition) is 0. The molecule has 1 atom stereocenters. The molecule has 32 heavy (non-hydrogen) atoms. The standard InChI is InChI=1S/C28H29NO3/c1-17-11-13-22(14-12-17)25-18(2)23-16-29(15-21-9-7-6-8-10-21)27(30)26(23)19(3)24(25)20(4)28(31)32-5/h6-14,20H,15-16H2,1-5H3. The lowest BCUT2D eigenvalue weighted by Gasteiger charge is -2.23. The molecule has 0 aliphatic carbocycles. The highest BCUT2D eigenvalue weighted by atomic mass is 16.5. The number of fused-ring (bicyclic) bond motifs is 1. The Labute approximate surface area is 189 Å². The molecule has 0 aromatic heterocycles. The molecule has 1 amide bonds. The first-order valence-electron chi connectivity index (χ1n) is 11.0. The van der Waals surface area contributed by atoms with Crippen LogP contribution in [0.3, 0.4) is 0 Å². The lowest BCUT2D eigenvalue weighted by atomic mass is 9.80. The second kappa shape index (κ2) is 8.62.